The molecule has 0 atom stereocenters. The lowest BCUT2D eigenvalue weighted by Crippen LogP contribution is -2.03. The number of nitrogens with zero attached hydrogens (tertiary/aromatic N) is 2. The van der Waals surface area contributed by atoms with E-state index in [-0.39, 0.29) is 23.0 Å². The van der Waals surface area contributed by atoms with Crippen LogP contribution >= 0.6 is 11.6 Å². The minimum atomic E-state index is -2.75. The summed E-state index contributed by atoms with van der Waals surface area (Å²) >= 11 is 5.45. The molecule has 0 fully saturated rings. The molecule has 0 aliphatic rings. The molecule has 0 aromatic carbocycles. The van der Waals surface area contributed by atoms with Crippen molar-refractivity contribution in [1.29, 1.82) is 5.26 Å². The topological polar surface area (TPSA) is 62.7 Å². The van der Waals surface area contributed by atoms with Gasteiger partial charge in [-0.05, 0) is 6.07 Å². The van der Waals surface area contributed by atoms with Gasteiger partial charge in [0.25, 0.3) is 6.43 Å². The normalized spacial score (nSPS) is 10.2. The summed E-state index contributed by atoms with van der Waals surface area (Å²) in [5.74, 6) is -0.178. The lowest BCUT2D eigenvalue weighted by molar-refractivity contribution is 0.151. The molecule has 0 aliphatic heterocycles. The summed E-state index contributed by atoms with van der Waals surface area (Å²) < 4.78 is 24.9. The van der Waals surface area contributed by atoms with Gasteiger partial charge in [0.1, 0.15) is 11.9 Å². The van der Waals surface area contributed by atoms with E-state index in [4.69, 9.17) is 22.6 Å². The highest BCUT2D eigenvalue weighted by Gasteiger charge is 2.17. The first kappa shape index (κ1) is 10.7. The van der Waals surface area contributed by atoms with Gasteiger partial charge in [0.15, 0.2) is 0 Å². The number of rotatable bonds is 2. The quantitative estimate of drug-likeness (QED) is 0.773. The van der Waals surface area contributed by atoms with Crippen molar-refractivity contribution in [2.45, 2.75) is 12.3 Å². The maximum atomic E-state index is 12.4. The van der Waals surface area contributed by atoms with Crippen LogP contribution < -0.4 is 5.73 Å². The van der Waals surface area contributed by atoms with Crippen LogP contribution in [-0.4, -0.2) is 4.98 Å². The van der Waals surface area contributed by atoms with Crippen molar-refractivity contribution < 1.29 is 8.78 Å². The zero-order valence-electron chi connectivity index (χ0n) is 6.97. The molecule has 14 heavy (non-hydrogen) atoms. The first-order chi connectivity index (χ1) is 6.60. The first-order valence-electron chi connectivity index (χ1n) is 3.63. The molecule has 0 saturated heterocycles. The summed E-state index contributed by atoms with van der Waals surface area (Å²) in [6, 6.07) is 2.63. The molecule has 0 bridgehead atoms. The Morgan fingerprint density at radius 3 is 2.71 bits per heavy atom. The SMILES string of the molecule is N#Cc1c(C(F)F)cc(N)nc1CCl. The summed E-state index contributed by atoms with van der Waals surface area (Å²) in [7, 11) is 0. The van der Waals surface area contributed by atoms with E-state index in [0.29, 0.717) is 0 Å². The van der Waals surface area contributed by atoms with E-state index in [1.54, 1.807) is 6.07 Å². The van der Waals surface area contributed by atoms with E-state index in [1.807, 2.05) is 0 Å². The number of nitriles is 1. The predicted octanol–water partition coefficient (Wildman–Crippen LogP) is 2.21. The molecule has 2 N–H and O–H groups in total. The Bertz CT molecular complexity index is 387. The fourth-order valence-corrected chi connectivity index (χ4v) is 1.23. The highest BCUT2D eigenvalue weighted by molar-refractivity contribution is 6.17. The van der Waals surface area contributed by atoms with Gasteiger partial charge in [0, 0.05) is 5.56 Å². The van der Waals surface area contributed by atoms with Crippen molar-refractivity contribution in [3.63, 3.8) is 0 Å². The predicted molar refractivity (Wildman–Crippen MR) is 47.9 cm³/mol. The van der Waals surface area contributed by atoms with E-state index in [0.717, 1.165) is 6.07 Å². The van der Waals surface area contributed by atoms with Gasteiger partial charge in [-0.2, -0.15) is 5.26 Å². The molecule has 0 amide bonds. The summed E-state index contributed by atoms with van der Waals surface area (Å²) in [6.45, 7) is 0. The van der Waals surface area contributed by atoms with Crippen LogP contribution in [0.3, 0.4) is 0 Å². The number of alkyl halides is 3. The minimum absolute atomic E-state index is 0.0602. The Labute approximate surface area is 84.1 Å². The van der Waals surface area contributed by atoms with E-state index in [9.17, 15) is 8.78 Å². The van der Waals surface area contributed by atoms with Crippen molar-refractivity contribution in [2.75, 3.05) is 5.73 Å². The second-order valence-electron chi connectivity index (χ2n) is 2.50. The molecule has 1 rings (SSSR count). The molecular formula is C8H6ClF2N3. The third kappa shape index (κ3) is 1.91. The second-order valence-corrected chi connectivity index (χ2v) is 2.77. The average Bonchev–Trinajstić information content (AvgIpc) is 2.16. The third-order valence-electron chi connectivity index (χ3n) is 1.62. The average molecular weight is 218 g/mol. The lowest BCUT2D eigenvalue weighted by atomic mass is 10.1. The van der Waals surface area contributed by atoms with Gasteiger partial charge in [-0.15, -0.1) is 11.6 Å². The molecular weight excluding hydrogens is 212 g/mol. The van der Waals surface area contributed by atoms with Gasteiger partial charge in [0.05, 0.1) is 17.1 Å². The van der Waals surface area contributed by atoms with E-state index >= 15 is 0 Å². The molecule has 6 heteroatoms. The number of nitrogens with two attached hydrogens (primary N) is 1. The number of aromatic nitrogens is 1. The van der Waals surface area contributed by atoms with Crippen LogP contribution in [0.5, 0.6) is 0 Å². The maximum Gasteiger partial charge on any atom is 0.265 e. The molecule has 0 radical (unpaired) electrons. The molecule has 0 spiro atoms. The molecule has 1 aromatic heterocycles. The lowest BCUT2D eigenvalue weighted by Gasteiger charge is -2.07. The standard InChI is InChI=1S/C8H6ClF2N3/c9-2-6-5(3-12)4(8(10)11)1-7(13)14-6/h1,8H,2H2,(H2,13,14). The molecule has 74 valence electrons. The van der Waals surface area contributed by atoms with Gasteiger partial charge >= 0.3 is 0 Å². The Hall–Kier alpha value is -1.41. The summed E-state index contributed by atoms with van der Waals surface area (Å²) in [4.78, 5) is 3.70. The maximum absolute atomic E-state index is 12.4. The van der Waals surface area contributed by atoms with Crippen LogP contribution in [0.1, 0.15) is 23.2 Å². The third-order valence-corrected chi connectivity index (χ3v) is 1.87. The molecule has 0 unspecified atom stereocenters. The van der Waals surface area contributed by atoms with Crippen LogP contribution in [-0.2, 0) is 5.88 Å². The number of hydrogen-bond donors (Lipinski definition) is 1. The zero-order valence-corrected chi connectivity index (χ0v) is 7.72. The Kier molecular flexibility index (Phi) is 3.20. The van der Waals surface area contributed by atoms with Gasteiger partial charge < -0.3 is 5.73 Å². The van der Waals surface area contributed by atoms with Gasteiger partial charge in [0.2, 0.25) is 0 Å². The second kappa shape index (κ2) is 4.20. The minimum Gasteiger partial charge on any atom is -0.384 e. The van der Waals surface area contributed by atoms with Crippen LogP contribution in [0.15, 0.2) is 6.07 Å². The van der Waals surface area contributed by atoms with Crippen molar-refractivity contribution in [3.05, 3.63) is 22.9 Å². The van der Waals surface area contributed by atoms with Crippen LogP contribution in [0.25, 0.3) is 0 Å². The highest BCUT2D eigenvalue weighted by Crippen LogP contribution is 2.26. The highest BCUT2D eigenvalue weighted by atomic mass is 35.5. The largest absolute Gasteiger partial charge is 0.384 e. The molecule has 0 saturated carbocycles. The fourth-order valence-electron chi connectivity index (χ4n) is 1.04. The van der Waals surface area contributed by atoms with Crippen LogP contribution in [0, 0.1) is 11.3 Å². The summed E-state index contributed by atoms with van der Waals surface area (Å²) in [5, 5.41) is 8.65. The number of halogens is 3. The number of hydrogen-bond acceptors (Lipinski definition) is 3. The summed E-state index contributed by atoms with van der Waals surface area (Å²) in [6.07, 6.45) is -2.75. The smallest absolute Gasteiger partial charge is 0.265 e. The molecule has 0 aliphatic carbocycles. The Morgan fingerprint density at radius 1 is 1.64 bits per heavy atom. The van der Waals surface area contributed by atoms with Crippen LogP contribution in [0.4, 0.5) is 14.6 Å². The van der Waals surface area contributed by atoms with E-state index in [2.05, 4.69) is 4.98 Å². The number of pyridine rings is 1. The van der Waals surface area contributed by atoms with Gasteiger partial charge in [-0.25, -0.2) is 13.8 Å². The van der Waals surface area contributed by atoms with Crippen molar-refractivity contribution >= 4 is 17.4 Å². The molecule has 1 aromatic rings. The Balaban J connectivity index is 3.41. The van der Waals surface area contributed by atoms with E-state index in [1.165, 1.54) is 0 Å². The molecule has 3 nitrogen and oxygen atoms in total. The van der Waals surface area contributed by atoms with Crippen molar-refractivity contribution in [1.82, 2.24) is 4.98 Å². The molecule has 1 heterocycles. The zero-order chi connectivity index (χ0) is 10.7. The van der Waals surface area contributed by atoms with Crippen molar-refractivity contribution in [3.8, 4) is 6.07 Å². The fraction of sp³-hybridized carbons (Fsp3) is 0.250. The number of anilines is 1. The van der Waals surface area contributed by atoms with Crippen molar-refractivity contribution in [2.24, 2.45) is 0 Å². The van der Waals surface area contributed by atoms with Crippen LogP contribution in [0.2, 0.25) is 0 Å². The Morgan fingerprint density at radius 2 is 2.29 bits per heavy atom. The monoisotopic (exact) mass is 217 g/mol. The van der Waals surface area contributed by atoms with E-state index < -0.39 is 12.0 Å². The van der Waals surface area contributed by atoms with Gasteiger partial charge in [-0.1, -0.05) is 0 Å². The summed E-state index contributed by atoms with van der Waals surface area (Å²) in [5.41, 5.74) is 4.76. The van der Waals surface area contributed by atoms with Gasteiger partial charge in [-0.3, -0.25) is 0 Å². The number of nitrogen functional groups attached to an aromatic ring is 1. The first-order valence-corrected chi connectivity index (χ1v) is 4.17.